The average molecular weight is 243 g/mol. The number of hydrogen-bond donors (Lipinski definition) is 2. The largest absolute Gasteiger partial charge is 0.370 e. The molecule has 2 aromatic rings. The van der Waals surface area contributed by atoms with Crippen LogP contribution in [0.4, 0.5) is 5.82 Å². The smallest absolute Gasteiger partial charge is 0.180 e. The lowest BCUT2D eigenvalue weighted by Crippen LogP contribution is -2.13. The molecule has 1 unspecified atom stereocenters. The molecule has 0 aromatic carbocycles. The van der Waals surface area contributed by atoms with Crippen molar-refractivity contribution in [2.75, 3.05) is 25.0 Å². The number of anilines is 1. The van der Waals surface area contributed by atoms with E-state index in [-0.39, 0.29) is 0 Å². The van der Waals surface area contributed by atoms with Gasteiger partial charge in [-0.1, -0.05) is 0 Å². The fourth-order valence-electron chi connectivity index (χ4n) is 2.32. The second-order valence-electron chi connectivity index (χ2n) is 4.67. The van der Waals surface area contributed by atoms with Crippen LogP contribution in [-0.4, -0.2) is 34.6 Å². The Balaban J connectivity index is 1.60. The Bertz CT molecular complexity index is 522. The topological polar surface area (TPSA) is 62.7 Å². The van der Waals surface area contributed by atoms with Gasteiger partial charge in [-0.15, -0.1) is 0 Å². The van der Waals surface area contributed by atoms with Crippen molar-refractivity contribution in [1.29, 1.82) is 0 Å². The van der Waals surface area contributed by atoms with Crippen LogP contribution in [0.2, 0.25) is 0 Å². The zero-order valence-corrected chi connectivity index (χ0v) is 10.3. The van der Waals surface area contributed by atoms with Crippen LogP contribution >= 0.6 is 0 Å². The molecule has 0 spiro atoms. The van der Waals surface area contributed by atoms with Crippen LogP contribution in [0.25, 0.3) is 11.2 Å². The number of nitrogens with one attached hydrogen (secondary N) is 2. The predicted octanol–water partition coefficient (Wildman–Crippen LogP) is 1.44. The van der Waals surface area contributed by atoms with Crippen molar-refractivity contribution < 1.29 is 0 Å². The van der Waals surface area contributed by atoms with E-state index < -0.39 is 0 Å². The number of rotatable bonds is 4. The summed E-state index contributed by atoms with van der Waals surface area (Å²) < 4.78 is 0. The molecular weight excluding hydrogens is 226 g/mol. The fraction of sp³-hybridized carbons (Fsp3) is 0.462. The highest BCUT2D eigenvalue weighted by molar-refractivity contribution is 5.71. The Morgan fingerprint density at radius 2 is 2.22 bits per heavy atom. The summed E-state index contributed by atoms with van der Waals surface area (Å²) in [6.45, 7) is 3.28. The van der Waals surface area contributed by atoms with Crippen LogP contribution in [0.5, 0.6) is 0 Å². The molecule has 0 amide bonds. The summed E-state index contributed by atoms with van der Waals surface area (Å²) in [5, 5.41) is 6.74. The normalized spacial score (nSPS) is 19.2. The van der Waals surface area contributed by atoms with Gasteiger partial charge in [0.1, 0.15) is 11.3 Å². The molecule has 0 radical (unpaired) electrons. The van der Waals surface area contributed by atoms with Gasteiger partial charge in [0.2, 0.25) is 0 Å². The molecule has 1 aliphatic heterocycles. The minimum atomic E-state index is 0.699. The molecule has 1 aliphatic rings. The van der Waals surface area contributed by atoms with E-state index >= 15 is 0 Å². The fourth-order valence-corrected chi connectivity index (χ4v) is 2.32. The zero-order valence-electron chi connectivity index (χ0n) is 10.3. The molecule has 0 aliphatic carbocycles. The highest BCUT2D eigenvalue weighted by atomic mass is 15.0. The molecular formula is C13H17N5. The van der Waals surface area contributed by atoms with E-state index in [1.165, 1.54) is 12.8 Å². The lowest BCUT2D eigenvalue weighted by atomic mass is 10.1. The van der Waals surface area contributed by atoms with Gasteiger partial charge in [-0.2, -0.15) is 0 Å². The van der Waals surface area contributed by atoms with Crippen molar-refractivity contribution in [2.45, 2.75) is 12.8 Å². The van der Waals surface area contributed by atoms with Crippen LogP contribution in [0.1, 0.15) is 12.8 Å². The van der Waals surface area contributed by atoms with E-state index in [0.29, 0.717) is 5.65 Å². The first-order chi connectivity index (χ1) is 8.92. The van der Waals surface area contributed by atoms with Crippen molar-refractivity contribution in [3.63, 3.8) is 0 Å². The standard InChI is InChI=1S/C13H17N5/c1-2-12(16-6-4-10-3-5-14-9-10)18-13-11(1)15-7-8-17-13/h1-2,7-8,10,14H,3-6,9H2,(H,16,17,18). The van der Waals surface area contributed by atoms with Crippen molar-refractivity contribution in [3.8, 4) is 0 Å². The Morgan fingerprint density at radius 1 is 1.28 bits per heavy atom. The highest BCUT2D eigenvalue weighted by Crippen LogP contribution is 2.13. The van der Waals surface area contributed by atoms with Crippen molar-refractivity contribution in [2.24, 2.45) is 5.92 Å². The molecule has 1 atom stereocenters. The molecule has 18 heavy (non-hydrogen) atoms. The van der Waals surface area contributed by atoms with Gasteiger partial charge in [0.05, 0.1) is 0 Å². The van der Waals surface area contributed by atoms with E-state index in [9.17, 15) is 0 Å². The van der Waals surface area contributed by atoms with Crippen molar-refractivity contribution in [1.82, 2.24) is 20.3 Å². The molecule has 5 nitrogen and oxygen atoms in total. The van der Waals surface area contributed by atoms with Gasteiger partial charge in [-0.05, 0) is 44.0 Å². The first-order valence-corrected chi connectivity index (χ1v) is 6.44. The summed E-state index contributed by atoms with van der Waals surface area (Å²) in [7, 11) is 0. The van der Waals surface area contributed by atoms with E-state index in [4.69, 9.17) is 0 Å². The number of hydrogen-bond acceptors (Lipinski definition) is 5. The lowest BCUT2D eigenvalue weighted by molar-refractivity contribution is 0.549. The molecule has 1 fully saturated rings. The second kappa shape index (κ2) is 5.27. The first kappa shape index (κ1) is 11.3. The van der Waals surface area contributed by atoms with Crippen LogP contribution in [0, 0.1) is 5.92 Å². The van der Waals surface area contributed by atoms with E-state index in [1.807, 2.05) is 12.1 Å². The predicted molar refractivity (Wildman–Crippen MR) is 71.4 cm³/mol. The van der Waals surface area contributed by atoms with E-state index in [0.717, 1.165) is 36.9 Å². The minimum Gasteiger partial charge on any atom is -0.370 e. The molecule has 5 heteroatoms. The summed E-state index contributed by atoms with van der Waals surface area (Å²) in [6.07, 6.45) is 5.83. The third kappa shape index (κ3) is 2.56. The number of aromatic nitrogens is 3. The molecule has 94 valence electrons. The van der Waals surface area contributed by atoms with E-state index in [1.54, 1.807) is 12.4 Å². The summed E-state index contributed by atoms with van der Waals surface area (Å²) in [5.41, 5.74) is 1.54. The highest BCUT2D eigenvalue weighted by Gasteiger charge is 2.13. The average Bonchev–Trinajstić information content (AvgIpc) is 2.92. The van der Waals surface area contributed by atoms with Crippen molar-refractivity contribution >= 4 is 17.0 Å². The van der Waals surface area contributed by atoms with Gasteiger partial charge in [0.15, 0.2) is 5.65 Å². The van der Waals surface area contributed by atoms with Gasteiger partial charge in [-0.25, -0.2) is 9.97 Å². The van der Waals surface area contributed by atoms with Crippen LogP contribution < -0.4 is 10.6 Å². The SMILES string of the molecule is c1cnc2nc(NCCC3CCNC3)ccc2n1. The van der Waals surface area contributed by atoms with Crippen LogP contribution in [0.3, 0.4) is 0 Å². The third-order valence-electron chi connectivity index (χ3n) is 3.35. The van der Waals surface area contributed by atoms with Crippen LogP contribution in [0.15, 0.2) is 24.5 Å². The Labute approximate surface area is 106 Å². The van der Waals surface area contributed by atoms with Crippen molar-refractivity contribution in [3.05, 3.63) is 24.5 Å². The maximum atomic E-state index is 4.44. The summed E-state index contributed by atoms with van der Waals surface area (Å²) >= 11 is 0. The van der Waals surface area contributed by atoms with Crippen LogP contribution in [-0.2, 0) is 0 Å². The quantitative estimate of drug-likeness (QED) is 0.850. The molecule has 3 rings (SSSR count). The third-order valence-corrected chi connectivity index (χ3v) is 3.35. The van der Waals surface area contributed by atoms with Gasteiger partial charge in [-0.3, -0.25) is 4.98 Å². The molecule has 1 saturated heterocycles. The van der Waals surface area contributed by atoms with Gasteiger partial charge >= 0.3 is 0 Å². The minimum absolute atomic E-state index is 0.699. The molecule has 2 N–H and O–H groups in total. The molecule has 0 saturated carbocycles. The monoisotopic (exact) mass is 243 g/mol. The molecule has 0 bridgehead atoms. The first-order valence-electron chi connectivity index (χ1n) is 6.44. The number of fused-ring (bicyclic) bond motifs is 1. The molecule has 3 heterocycles. The Kier molecular flexibility index (Phi) is 3.32. The Morgan fingerprint density at radius 3 is 3.11 bits per heavy atom. The van der Waals surface area contributed by atoms with Gasteiger partial charge in [0.25, 0.3) is 0 Å². The lowest BCUT2D eigenvalue weighted by Gasteiger charge is -2.09. The maximum Gasteiger partial charge on any atom is 0.180 e. The molecule has 2 aromatic heterocycles. The zero-order chi connectivity index (χ0) is 12.2. The van der Waals surface area contributed by atoms with Gasteiger partial charge < -0.3 is 10.6 Å². The second-order valence-corrected chi connectivity index (χ2v) is 4.67. The summed E-state index contributed by atoms with van der Waals surface area (Å²) in [4.78, 5) is 12.8. The summed E-state index contributed by atoms with van der Waals surface area (Å²) in [5.74, 6) is 1.69. The van der Waals surface area contributed by atoms with Gasteiger partial charge in [0, 0.05) is 18.9 Å². The summed E-state index contributed by atoms with van der Waals surface area (Å²) in [6, 6.07) is 3.92. The Hall–Kier alpha value is -1.75. The van der Waals surface area contributed by atoms with E-state index in [2.05, 4.69) is 25.6 Å². The number of pyridine rings is 1. The maximum absolute atomic E-state index is 4.44. The number of nitrogens with zero attached hydrogens (tertiary/aromatic N) is 3.